The summed E-state index contributed by atoms with van der Waals surface area (Å²) < 4.78 is 14.4. The number of aromatic nitrogens is 4. The topological polar surface area (TPSA) is 63.6 Å². The first-order valence-corrected chi connectivity index (χ1v) is 9.28. The van der Waals surface area contributed by atoms with E-state index in [4.69, 9.17) is 0 Å². The zero-order valence-corrected chi connectivity index (χ0v) is 14.0. The molecule has 0 fully saturated rings. The van der Waals surface area contributed by atoms with Crippen molar-refractivity contribution in [1.29, 1.82) is 0 Å². The fourth-order valence-electron chi connectivity index (χ4n) is 2.59. The third-order valence-corrected chi connectivity index (χ3v) is 5.85. The highest BCUT2D eigenvalue weighted by Crippen LogP contribution is 2.28. The van der Waals surface area contributed by atoms with Gasteiger partial charge in [-0.15, -0.1) is 11.3 Å². The van der Waals surface area contributed by atoms with Crippen molar-refractivity contribution in [2.45, 2.75) is 10.9 Å². The maximum Gasteiger partial charge on any atom is 0.199 e. The van der Waals surface area contributed by atoms with Gasteiger partial charge in [0.25, 0.3) is 0 Å². The Morgan fingerprint density at radius 1 is 1.30 bits per heavy atom. The van der Waals surface area contributed by atoms with Gasteiger partial charge in [0.1, 0.15) is 5.01 Å². The van der Waals surface area contributed by atoms with Crippen molar-refractivity contribution in [1.82, 2.24) is 19.5 Å². The van der Waals surface area contributed by atoms with Crippen LogP contribution in [0.5, 0.6) is 0 Å². The number of H-pyrrole nitrogens is 1. The number of fused-ring (bicyclic) bond motifs is 1. The van der Waals surface area contributed by atoms with Crippen LogP contribution in [-0.4, -0.2) is 23.7 Å². The number of thiazole rings is 1. The van der Waals surface area contributed by atoms with Gasteiger partial charge >= 0.3 is 0 Å². The molecule has 0 radical (unpaired) electrons. The molecule has 3 aromatic heterocycles. The monoisotopic (exact) mass is 342 g/mol. The second kappa shape index (κ2) is 5.75. The highest BCUT2D eigenvalue weighted by molar-refractivity contribution is 7.84. The van der Waals surface area contributed by atoms with Crippen LogP contribution in [0.4, 0.5) is 0 Å². The van der Waals surface area contributed by atoms with E-state index in [1.165, 1.54) is 0 Å². The van der Waals surface area contributed by atoms with Gasteiger partial charge in [0.2, 0.25) is 0 Å². The normalized spacial score (nSPS) is 12.7. The lowest BCUT2D eigenvalue weighted by molar-refractivity contribution is 0.664. The van der Waals surface area contributed by atoms with Crippen LogP contribution < -0.4 is 0 Å². The maximum atomic E-state index is 12.6. The third kappa shape index (κ3) is 2.62. The standard InChI is InChI=1S/C16H14N4OS2/c1-20-7-5-18-16(20)23(21)10-12-4-2-3-11-9-13(19-14(11)12)15-17-6-8-22-15/h2-9,19H,10H2,1H3. The fourth-order valence-corrected chi connectivity index (χ4v) is 4.41. The molecule has 0 aliphatic rings. The number of aryl methyl sites for hydroxylation is 1. The highest BCUT2D eigenvalue weighted by atomic mass is 32.2. The largest absolute Gasteiger partial charge is 0.352 e. The van der Waals surface area contributed by atoms with E-state index in [0.29, 0.717) is 10.9 Å². The molecule has 0 aliphatic carbocycles. The molecule has 0 saturated carbocycles. The zero-order valence-electron chi connectivity index (χ0n) is 12.4. The smallest absolute Gasteiger partial charge is 0.199 e. The molecule has 4 aromatic rings. The van der Waals surface area contributed by atoms with Gasteiger partial charge < -0.3 is 9.55 Å². The molecule has 7 heteroatoms. The summed E-state index contributed by atoms with van der Waals surface area (Å²) in [6.45, 7) is 0. The molecule has 23 heavy (non-hydrogen) atoms. The van der Waals surface area contributed by atoms with Gasteiger partial charge in [-0.05, 0) is 11.6 Å². The average molecular weight is 342 g/mol. The Kier molecular flexibility index (Phi) is 3.59. The van der Waals surface area contributed by atoms with E-state index >= 15 is 0 Å². The summed E-state index contributed by atoms with van der Waals surface area (Å²) in [4.78, 5) is 11.9. The van der Waals surface area contributed by atoms with E-state index in [1.54, 1.807) is 28.3 Å². The zero-order chi connectivity index (χ0) is 15.8. The summed E-state index contributed by atoms with van der Waals surface area (Å²) in [6.07, 6.45) is 5.27. The van der Waals surface area contributed by atoms with Crippen molar-refractivity contribution in [2.75, 3.05) is 0 Å². The average Bonchev–Trinajstić information content (AvgIpc) is 3.27. The maximum absolute atomic E-state index is 12.6. The minimum atomic E-state index is -1.18. The van der Waals surface area contributed by atoms with Crippen LogP contribution in [0.3, 0.4) is 0 Å². The summed E-state index contributed by atoms with van der Waals surface area (Å²) in [5.41, 5.74) is 3.03. The van der Waals surface area contributed by atoms with E-state index in [-0.39, 0.29) is 0 Å². The van der Waals surface area contributed by atoms with E-state index in [9.17, 15) is 4.21 Å². The van der Waals surface area contributed by atoms with Crippen molar-refractivity contribution in [3.63, 3.8) is 0 Å². The molecular weight excluding hydrogens is 328 g/mol. The lowest BCUT2D eigenvalue weighted by atomic mass is 10.2. The second-order valence-corrected chi connectivity index (χ2v) is 7.45. The molecule has 3 heterocycles. The summed E-state index contributed by atoms with van der Waals surface area (Å²) in [5, 5.41) is 4.60. The molecule has 116 valence electrons. The Labute approximate surface area is 139 Å². The second-order valence-electron chi connectivity index (χ2n) is 5.21. The van der Waals surface area contributed by atoms with Gasteiger partial charge in [0.05, 0.1) is 27.8 Å². The first kappa shape index (κ1) is 14.3. The molecule has 1 N–H and O–H groups in total. The number of rotatable bonds is 4. The number of nitrogens with one attached hydrogen (secondary N) is 1. The Balaban J connectivity index is 1.73. The summed E-state index contributed by atoms with van der Waals surface area (Å²) >= 11 is 1.60. The van der Waals surface area contributed by atoms with E-state index < -0.39 is 10.8 Å². The van der Waals surface area contributed by atoms with Crippen LogP contribution in [0.2, 0.25) is 0 Å². The van der Waals surface area contributed by atoms with Crippen molar-refractivity contribution < 1.29 is 4.21 Å². The Morgan fingerprint density at radius 3 is 2.96 bits per heavy atom. The number of para-hydroxylation sites is 1. The van der Waals surface area contributed by atoms with E-state index in [1.807, 2.05) is 30.8 Å². The minimum Gasteiger partial charge on any atom is -0.352 e. The summed E-state index contributed by atoms with van der Waals surface area (Å²) in [7, 11) is 0.678. The van der Waals surface area contributed by atoms with Crippen LogP contribution >= 0.6 is 11.3 Å². The highest BCUT2D eigenvalue weighted by Gasteiger charge is 2.14. The van der Waals surface area contributed by atoms with Crippen molar-refractivity contribution in [2.24, 2.45) is 7.05 Å². The summed E-state index contributed by atoms with van der Waals surface area (Å²) in [6, 6.07) is 8.13. The predicted octanol–water partition coefficient (Wildman–Crippen LogP) is 3.33. The molecule has 5 nitrogen and oxygen atoms in total. The van der Waals surface area contributed by atoms with Crippen LogP contribution in [-0.2, 0) is 23.6 Å². The van der Waals surface area contributed by atoms with Crippen molar-refractivity contribution in [3.05, 3.63) is 53.8 Å². The van der Waals surface area contributed by atoms with Gasteiger partial charge in [0.15, 0.2) is 5.16 Å². The fraction of sp³-hybridized carbons (Fsp3) is 0.125. The number of imidazole rings is 1. The van der Waals surface area contributed by atoms with Crippen molar-refractivity contribution in [3.8, 4) is 10.7 Å². The number of benzene rings is 1. The van der Waals surface area contributed by atoms with Crippen LogP contribution in [0.25, 0.3) is 21.6 Å². The minimum absolute atomic E-state index is 0.431. The lowest BCUT2D eigenvalue weighted by Gasteiger charge is -2.04. The summed E-state index contributed by atoms with van der Waals surface area (Å²) in [5.74, 6) is 0.431. The molecule has 1 atom stereocenters. The number of nitrogens with zero attached hydrogens (tertiary/aromatic N) is 3. The SMILES string of the molecule is Cn1ccnc1S(=O)Cc1cccc2cc(-c3nccs3)[nH]c12. The molecule has 0 amide bonds. The molecule has 1 unspecified atom stereocenters. The molecule has 4 rings (SSSR count). The number of hydrogen-bond acceptors (Lipinski definition) is 4. The molecule has 0 saturated heterocycles. The van der Waals surface area contributed by atoms with Crippen LogP contribution in [0.15, 0.2) is 53.4 Å². The van der Waals surface area contributed by atoms with Gasteiger partial charge in [-0.3, -0.25) is 4.21 Å². The molecule has 0 spiro atoms. The Morgan fingerprint density at radius 2 is 2.22 bits per heavy atom. The molecule has 0 bridgehead atoms. The predicted molar refractivity (Wildman–Crippen MR) is 92.7 cm³/mol. The lowest BCUT2D eigenvalue weighted by Crippen LogP contribution is -2.04. The van der Waals surface area contributed by atoms with Gasteiger partial charge in [-0.2, -0.15) is 0 Å². The number of hydrogen-bond donors (Lipinski definition) is 1. The Bertz CT molecular complexity index is 985. The molecular formula is C16H14N4OS2. The van der Waals surface area contributed by atoms with E-state index in [0.717, 1.165) is 27.2 Å². The van der Waals surface area contributed by atoms with Gasteiger partial charge in [-0.25, -0.2) is 9.97 Å². The quantitative estimate of drug-likeness (QED) is 0.619. The first-order chi connectivity index (χ1) is 11.2. The molecule has 1 aromatic carbocycles. The van der Waals surface area contributed by atoms with Crippen LogP contribution in [0, 0.1) is 0 Å². The Hall–Kier alpha value is -2.25. The van der Waals surface area contributed by atoms with Crippen molar-refractivity contribution >= 4 is 33.0 Å². The van der Waals surface area contributed by atoms with E-state index in [2.05, 4.69) is 27.1 Å². The number of aromatic amines is 1. The van der Waals surface area contributed by atoms with Crippen LogP contribution in [0.1, 0.15) is 5.56 Å². The molecule has 0 aliphatic heterocycles. The third-order valence-electron chi connectivity index (χ3n) is 3.67. The van der Waals surface area contributed by atoms with Gasteiger partial charge in [-0.1, -0.05) is 18.2 Å². The first-order valence-electron chi connectivity index (χ1n) is 7.08. The van der Waals surface area contributed by atoms with Gasteiger partial charge in [0, 0.05) is 36.4 Å².